The van der Waals surface area contributed by atoms with Crippen molar-refractivity contribution in [2.75, 3.05) is 12.4 Å². The van der Waals surface area contributed by atoms with Crippen molar-refractivity contribution < 1.29 is 9.13 Å². The second kappa shape index (κ2) is 10.2. The Labute approximate surface area is 187 Å². The van der Waals surface area contributed by atoms with Gasteiger partial charge in [-0.2, -0.15) is 0 Å². The maximum Gasteiger partial charge on any atom is 0.192 e. The average molecular weight is 441 g/mol. The van der Waals surface area contributed by atoms with Crippen molar-refractivity contribution in [1.29, 1.82) is 0 Å². The number of aromatic nitrogens is 3. The molecule has 164 valence electrons. The molecule has 1 aromatic heterocycles. The van der Waals surface area contributed by atoms with Crippen molar-refractivity contribution >= 4 is 17.4 Å². The van der Waals surface area contributed by atoms with Crippen LogP contribution in [0.3, 0.4) is 0 Å². The Morgan fingerprint density at radius 1 is 1.13 bits per heavy atom. The van der Waals surface area contributed by atoms with Crippen LogP contribution in [0.1, 0.15) is 61.7 Å². The Hall–Kier alpha value is -2.54. The fourth-order valence-corrected chi connectivity index (χ4v) is 5.17. The lowest BCUT2D eigenvalue weighted by Gasteiger charge is -2.26. The van der Waals surface area contributed by atoms with Crippen LogP contribution in [0, 0.1) is 5.82 Å². The van der Waals surface area contributed by atoms with Gasteiger partial charge >= 0.3 is 0 Å². The monoisotopic (exact) mass is 440 g/mol. The van der Waals surface area contributed by atoms with E-state index in [-0.39, 0.29) is 11.1 Å². The molecule has 1 aliphatic rings. The number of nitrogens with one attached hydrogen (secondary N) is 1. The summed E-state index contributed by atoms with van der Waals surface area (Å²) < 4.78 is 21.3. The molecule has 1 saturated carbocycles. The van der Waals surface area contributed by atoms with Crippen LogP contribution in [0.4, 0.5) is 10.1 Å². The number of hydrogen-bond donors (Lipinski definition) is 1. The zero-order valence-corrected chi connectivity index (χ0v) is 18.9. The topological polar surface area (TPSA) is 52.0 Å². The van der Waals surface area contributed by atoms with Crippen LogP contribution in [0.25, 0.3) is 0 Å². The molecule has 0 aliphatic heterocycles. The fraction of sp³-hybridized carbons (Fsp3) is 0.417. The molecule has 1 fully saturated rings. The molecule has 0 amide bonds. The summed E-state index contributed by atoms with van der Waals surface area (Å²) in [5, 5.41) is 13.5. The van der Waals surface area contributed by atoms with Gasteiger partial charge in [-0.05, 0) is 49.6 Å². The van der Waals surface area contributed by atoms with Gasteiger partial charge in [-0.15, -0.1) is 10.2 Å². The van der Waals surface area contributed by atoms with Gasteiger partial charge in [0.2, 0.25) is 0 Å². The first-order valence-corrected chi connectivity index (χ1v) is 11.8. The van der Waals surface area contributed by atoms with Crippen molar-refractivity contribution in [3.63, 3.8) is 0 Å². The predicted octanol–water partition coefficient (Wildman–Crippen LogP) is 6.40. The average Bonchev–Trinajstić information content (AvgIpc) is 3.20. The summed E-state index contributed by atoms with van der Waals surface area (Å²) in [6, 6.07) is 15.1. The van der Waals surface area contributed by atoms with Crippen LogP contribution in [-0.2, 0) is 6.54 Å². The van der Waals surface area contributed by atoms with E-state index in [1.165, 1.54) is 25.3 Å². The van der Waals surface area contributed by atoms with E-state index < -0.39 is 0 Å². The number of hydrogen-bond acceptors (Lipinski definition) is 5. The van der Waals surface area contributed by atoms with Gasteiger partial charge in [0.25, 0.3) is 0 Å². The molecule has 1 aliphatic carbocycles. The van der Waals surface area contributed by atoms with E-state index in [1.54, 1.807) is 31.0 Å². The number of halogens is 1. The molecular formula is C24H29FN4OS. The molecule has 1 unspecified atom stereocenters. The molecule has 0 radical (unpaired) electrons. The third kappa shape index (κ3) is 5.39. The highest BCUT2D eigenvalue weighted by molar-refractivity contribution is 7.99. The van der Waals surface area contributed by atoms with Crippen molar-refractivity contribution in [3.8, 4) is 5.75 Å². The molecule has 7 heteroatoms. The van der Waals surface area contributed by atoms with Crippen molar-refractivity contribution in [2.24, 2.45) is 0 Å². The highest BCUT2D eigenvalue weighted by Gasteiger charge is 2.24. The molecule has 0 bridgehead atoms. The Morgan fingerprint density at radius 3 is 2.71 bits per heavy atom. The first-order chi connectivity index (χ1) is 15.1. The van der Waals surface area contributed by atoms with E-state index in [0.29, 0.717) is 12.6 Å². The molecule has 1 heterocycles. The Balaban J connectivity index is 1.55. The van der Waals surface area contributed by atoms with Crippen molar-refractivity contribution in [1.82, 2.24) is 14.8 Å². The van der Waals surface area contributed by atoms with Gasteiger partial charge in [0.15, 0.2) is 11.0 Å². The maximum atomic E-state index is 13.7. The highest BCUT2D eigenvalue weighted by atomic mass is 32.2. The van der Waals surface area contributed by atoms with Crippen LogP contribution >= 0.6 is 11.8 Å². The zero-order valence-electron chi connectivity index (χ0n) is 18.1. The number of rotatable bonds is 8. The first-order valence-electron chi connectivity index (χ1n) is 10.9. The second-order valence-corrected chi connectivity index (χ2v) is 9.27. The van der Waals surface area contributed by atoms with E-state index in [0.717, 1.165) is 40.8 Å². The third-order valence-electron chi connectivity index (χ3n) is 5.80. The summed E-state index contributed by atoms with van der Waals surface area (Å²) >= 11 is 1.65. The third-order valence-corrected chi connectivity index (χ3v) is 6.91. The zero-order chi connectivity index (χ0) is 21.6. The van der Waals surface area contributed by atoms with Crippen LogP contribution in [-0.4, -0.2) is 21.9 Å². The SMILES string of the molecule is COc1cccc(NCc2nnc(SC(C)c3cccc(F)c3)n2C2CCCCC2)c1. The van der Waals surface area contributed by atoms with Gasteiger partial charge in [-0.3, -0.25) is 0 Å². The predicted molar refractivity (Wildman–Crippen MR) is 123 cm³/mol. The summed E-state index contributed by atoms with van der Waals surface area (Å²) in [5.41, 5.74) is 1.94. The van der Waals surface area contributed by atoms with E-state index in [9.17, 15) is 4.39 Å². The number of thioether (sulfide) groups is 1. The molecule has 5 nitrogen and oxygen atoms in total. The van der Waals surface area contributed by atoms with Crippen LogP contribution in [0.2, 0.25) is 0 Å². The lowest BCUT2D eigenvalue weighted by molar-refractivity contribution is 0.330. The summed E-state index contributed by atoms with van der Waals surface area (Å²) in [6.07, 6.45) is 6.04. The molecule has 0 saturated heterocycles. The minimum Gasteiger partial charge on any atom is -0.497 e. The second-order valence-electron chi connectivity index (χ2n) is 7.96. The molecule has 2 aromatic carbocycles. The van der Waals surface area contributed by atoms with E-state index in [4.69, 9.17) is 4.74 Å². The van der Waals surface area contributed by atoms with Gasteiger partial charge in [0.05, 0.1) is 13.7 Å². The lowest BCUT2D eigenvalue weighted by atomic mass is 9.95. The fourth-order valence-electron chi connectivity index (χ4n) is 4.11. The molecule has 1 N–H and O–H groups in total. The molecule has 31 heavy (non-hydrogen) atoms. The lowest BCUT2D eigenvalue weighted by Crippen LogP contribution is -2.18. The molecule has 0 spiro atoms. The molecule has 1 atom stereocenters. The normalized spacial score (nSPS) is 15.6. The number of methoxy groups -OCH3 is 1. The Kier molecular flexibility index (Phi) is 7.12. The van der Waals surface area contributed by atoms with E-state index in [1.807, 2.05) is 30.3 Å². The first kappa shape index (κ1) is 21.7. The van der Waals surface area contributed by atoms with Crippen molar-refractivity contribution in [2.45, 2.75) is 62.0 Å². The largest absolute Gasteiger partial charge is 0.497 e. The Morgan fingerprint density at radius 2 is 1.94 bits per heavy atom. The summed E-state index contributed by atoms with van der Waals surface area (Å²) in [5.74, 6) is 1.55. The van der Waals surface area contributed by atoms with Gasteiger partial charge in [-0.1, -0.05) is 49.2 Å². The highest BCUT2D eigenvalue weighted by Crippen LogP contribution is 2.38. The van der Waals surface area contributed by atoms with E-state index >= 15 is 0 Å². The number of ether oxygens (including phenoxy) is 1. The molecule has 4 rings (SSSR count). The van der Waals surface area contributed by atoms with Crippen molar-refractivity contribution in [3.05, 3.63) is 65.7 Å². The van der Waals surface area contributed by atoms with Gasteiger partial charge in [-0.25, -0.2) is 4.39 Å². The minimum atomic E-state index is -0.207. The maximum absolute atomic E-state index is 13.7. The Bertz CT molecular complexity index is 1000. The van der Waals surface area contributed by atoms with Crippen LogP contribution < -0.4 is 10.1 Å². The molecular weight excluding hydrogens is 411 g/mol. The number of nitrogens with zero attached hydrogens (tertiary/aromatic N) is 3. The number of anilines is 1. The van der Waals surface area contributed by atoms with Crippen LogP contribution in [0.5, 0.6) is 5.75 Å². The van der Waals surface area contributed by atoms with Gasteiger partial charge in [0, 0.05) is 23.0 Å². The minimum absolute atomic E-state index is 0.0847. The summed E-state index contributed by atoms with van der Waals surface area (Å²) in [7, 11) is 1.67. The van der Waals surface area contributed by atoms with Crippen LogP contribution in [0.15, 0.2) is 53.7 Å². The number of benzene rings is 2. The summed E-state index contributed by atoms with van der Waals surface area (Å²) in [4.78, 5) is 0. The van der Waals surface area contributed by atoms with Gasteiger partial charge < -0.3 is 14.6 Å². The van der Waals surface area contributed by atoms with Gasteiger partial charge in [0.1, 0.15) is 11.6 Å². The van der Waals surface area contributed by atoms with E-state index in [2.05, 4.69) is 27.0 Å². The standard InChI is InChI=1S/C24H29FN4OS/c1-17(18-8-6-9-19(25)14-18)31-24-28-27-23(29(24)21-11-4-3-5-12-21)16-26-20-10-7-13-22(15-20)30-2/h6-10,13-15,17,21,26H,3-5,11-12,16H2,1-2H3. The smallest absolute Gasteiger partial charge is 0.192 e. The quantitative estimate of drug-likeness (QED) is 0.411. The summed E-state index contributed by atoms with van der Waals surface area (Å²) in [6.45, 7) is 2.68. The molecule has 3 aromatic rings.